The molecule has 3 rings (SSSR count). The molecule has 1 amide bonds. The summed E-state index contributed by atoms with van der Waals surface area (Å²) in [5.74, 6) is 2.20. The van der Waals surface area contributed by atoms with Crippen LogP contribution in [0.25, 0.3) is 0 Å². The Balaban J connectivity index is 1.43. The summed E-state index contributed by atoms with van der Waals surface area (Å²) >= 11 is 0. The standard InChI is InChI=1S/C18H24N4O3/c1-2-3-11-24-17-14(5-4-10-19-17)12-20-15(23)8-9-16-21-22-18(25-16)13-6-7-13/h4-5,10,13H,2-3,6-9,11-12H2,1H3,(H,20,23). The van der Waals surface area contributed by atoms with Crippen molar-refractivity contribution in [2.75, 3.05) is 6.61 Å². The van der Waals surface area contributed by atoms with Gasteiger partial charge in [-0.15, -0.1) is 10.2 Å². The average molecular weight is 344 g/mol. The fraction of sp³-hybridized carbons (Fsp3) is 0.556. The van der Waals surface area contributed by atoms with Gasteiger partial charge in [-0.1, -0.05) is 19.4 Å². The molecular weight excluding hydrogens is 320 g/mol. The van der Waals surface area contributed by atoms with Gasteiger partial charge in [-0.3, -0.25) is 4.79 Å². The van der Waals surface area contributed by atoms with Crippen LogP contribution in [0.3, 0.4) is 0 Å². The number of ether oxygens (including phenoxy) is 1. The van der Waals surface area contributed by atoms with Crippen LogP contribution in [0.2, 0.25) is 0 Å². The Morgan fingerprint density at radius 3 is 3.08 bits per heavy atom. The molecule has 7 nitrogen and oxygen atoms in total. The van der Waals surface area contributed by atoms with E-state index in [2.05, 4.69) is 27.4 Å². The number of nitrogens with zero attached hydrogens (tertiary/aromatic N) is 3. The third-order valence-electron chi connectivity index (χ3n) is 4.04. The predicted molar refractivity (Wildman–Crippen MR) is 91.1 cm³/mol. The third kappa shape index (κ3) is 5.27. The van der Waals surface area contributed by atoms with E-state index < -0.39 is 0 Å². The Kier molecular flexibility index (Phi) is 5.98. The van der Waals surface area contributed by atoms with Gasteiger partial charge in [-0.2, -0.15) is 0 Å². The molecule has 2 heterocycles. The topological polar surface area (TPSA) is 90.1 Å². The normalized spacial score (nSPS) is 13.6. The van der Waals surface area contributed by atoms with Gasteiger partial charge in [0.15, 0.2) is 0 Å². The summed E-state index contributed by atoms with van der Waals surface area (Å²) in [5, 5.41) is 10.9. The molecule has 134 valence electrons. The molecule has 1 N–H and O–H groups in total. The Hall–Kier alpha value is -2.44. The highest BCUT2D eigenvalue weighted by molar-refractivity contribution is 5.76. The number of unbranched alkanes of at least 4 members (excludes halogenated alkanes) is 1. The molecule has 7 heteroatoms. The first-order chi connectivity index (χ1) is 12.3. The maximum atomic E-state index is 12.1. The monoisotopic (exact) mass is 344 g/mol. The third-order valence-corrected chi connectivity index (χ3v) is 4.04. The summed E-state index contributed by atoms with van der Waals surface area (Å²) in [6.45, 7) is 3.14. The Bertz CT molecular complexity index is 697. The van der Waals surface area contributed by atoms with E-state index in [1.54, 1.807) is 6.20 Å². The maximum Gasteiger partial charge on any atom is 0.220 e. The number of aromatic nitrogens is 3. The minimum absolute atomic E-state index is 0.0606. The predicted octanol–water partition coefficient (Wildman–Crippen LogP) is 2.77. The molecule has 25 heavy (non-hydrogen) atoms. The van der Waals surface area contributed by atoms with Gasteiger partial charge in [0.05, 0.1) is 6.61 Å². The minimum atomic E-state index is -0.0606. The Labute approximate surface area is 147 Å². The first-order valence-corrected chi connectivity index (χ1v) is 8.92. The molecule has 1 saturated carbocycles. The highest BCUT2D eigenvalue weighted by atomic mass is 16.5. The first-order valence-electron chi connectivity index (χ1n) is 8.92. The van der Waals surface area contributed by atoms with Crippen LogP contribution in [0.4, 0.5) is 0 Å². The second kappa shape index (κ2) is 8.60. The quantitative estimate of drug-likeness (QED) is 0.667. The van der Waals surface area contributed by atoms with Crippen molar-refractivity contribution in [2.24, 2.45) is 0 Å². The molecule has 0 spiro atoms. The number of amides is 1. The fourth-order valence-electron chi connectivity index (χ4n) is 2.37. The van der Waals surface area contributed by atoms with E-state index >= 15 is 0 Å². The number of nitrogens with one attached hydrogen (secondary N) is 1. The van der Waals surface area contributed by atoms with Gasteiger partial charge < -0.3 is 14.5 Å². The molecule has 2 aromatic heterocycles. The summed E-state index contributed by atoms with van der Waals surface area (Å²) in [5.41, 5.74) is 0.876. The van der Waals surface area contributed by atoms with Crippen LogP contribution in [-0.4, -0.2) is 27.7 Å². The van der Waals surface area contributed by atoms with Crippen molar-refractivity contribution in [3.8, 4) is 5.88 Å². The van der Waals surface area contributed by atoms with E-state index in [0.29, 0.717) is 49.6 Å². The van der Waals surface area contributed by atoms with Crippen molar-refractivity contribution in [3.63, 3.8) is 0 Å². The van der Waals surface area contributed by atoms with E-state index in [1.807, 2.05) is 12.1 Å². The SMILES string of the molecule is CCCCOc1ncccc1CNC(=O)CCc1nnc(C2CC2)o1. The Morgan fingerprint density at radius 2 is 2.28 bits per heavy atom. The van der Waals surface area contributed by atoms with Gasteiger partial charge >= 0.3 is 0 Å². The summed E-state index contributed by atoms with van der Waals surface area (Å²) < 4.78 is 11.2. The number of hydrogen-bond acceptors (Lipinski definition) is 6. The van der Waals surface area contributed by atoms with Crippen LogP contribution in [0.15, 0.2) is 22.7 Å². The number of hydrogen-bond donors (Lipinski definition) is 1. The van der Waals surface area contributed by atoms with E-state index in [9.17, 15) is 4.79 Å². The minimum Gasteiger partial charge on any atom is -0.477 e. The zero-order chi connectivity index (χ0) is 17.5. The van der Waals surface area contributed by atoms with Crippen molar-refractivity contribution < 1.29 is 13.9 Å². The lowest BCUT2D eigenvalue weighted by Gasteiger charge is -2.10. The van der Waals surface area contributed by atoms with E-state index in [0.717, 1.165) is 31.2 Å². The highest BCUT2D eigenvalue weighted by Crippen LogP contribution is 2.39. The zero-order valence-corrected chi connectivity index (χ0v) is 14.5. The van der Waals surface area contributed by atoms with E-state index in [4.69, 9.17) is 9.15 Å². The van der Waals surface area contributed by atoms with Gasteiger partial charge in [0.25, 0.3) is 0 Å². The lowest BCUT2D eigenvalue weighted by Crippen LogP contribution is -2.23. The lowest BCUT2D eigenvalue weighted by atomic mass is 10.2. The summed E-state index contributed by atoms with van der Waals surface area (Å²) in [6, 6.07) is 3.75. The van der Waals surface area contributed by atoms with Crippen LogP contribution in [0.5, 0.6) is 5.88 Å². The lowest BCUT2D eigenvalue weighted by molar-refractivity contribution is -0.121. The van der Waals surface area contributed by atoms with Gasteiger partial charge in [0.1, 0.15) is 0 Å². The second-order valence-corrected chi connectivity index (χ2v) is 6.25. The van der Waals surface area contributed by atoms with E-state index in [1.165, 1.54) is 0 Å². The fourth-order valence-corrected chi connectivity index (χ4v) is 2.37. The van der Waals surface area contributed by atoms with Crippen molar-refractivity contribution in [2.45, 2.75) is 57.9 Å². The summed E-state index contributed by atoms with van der Waals surface area (Å²) in [6.07, 6.45) is 6.76. The number of rotatable bonds is 10. The van der Waals surface area contributed by atoms with Gasteiger partial charge in [-0.05, 0) is 25.3 Å². The van der Waals surface area contributed by atoms with E-state index in [-0.39, 0.29) is 5.91 Å². The van der Waals surface area contributed by atoms with Crippen LogP contribution < -0.4 is 10.1 Å². The molecule has 1 fully saturated rings. The molecule has 0 aromatic carbocycles. The Morgan fingerprint density at radius 1 is 1.40 bits per heavy atom. The van der Waals surface area contributed by atoms with Gasteiger partial charge in [0, 0.05) is 37.1 Å². The summed E-state index contributed by atoms with van der Waals surface area (Å²) in [4.78, 5) is 16.3. The molecule has 0 aliphatic heterocycles. The number of aryl methyl sites for hydroxylation is 1. The zero-order valence-electron chi connectivity index (χ0n) is 14.5. The number of carbonyl (C=O) groups is 1. The maximum absolute atomic E-state index is 12.1. The van der Waals surface area contributed by atoms with Crippen LogP contribution >= 0.6 is 0 Å². The van der Waals surface area contributed by atoms with Crippen LogP contribution in [-0.2, 0) is 17.8 Å². The second-order valence-electron chi connectivity index (χ2n) is 6.25. The smallest absolute Gasteiger partial charge is 0.220 e. The number of carbonyl (C=O) groups excluding carboxylic acids is 1. The molecule has 0 bridgehead atoms. The molecule has 0 saturated heterocycles. The number of pyridine rings is 1. The average Bonchev–Trinajstić information content (AvgIpc) is 3.38. The van der Waals surface area contributed by atoms with Crippen molar-refractivity contribution in [1.29, 1.82) is 0 Å². The summed E-state index contributed by atoms with van der Waals surface area (Å²) in [7, 11) is 0. The van der Waals surface area contributed by atoms with Gasteiger partial charge in [0.2, 0.25) is 23.6 Å². The molecule has 1 aliphatic carbocycles. The van der Waals surface area contributed by atoms with Crippen LogP contribution in [0, 0.1) is 0 Å². The molecule has 1 aliphatic rings. The molecule has 0 atom stereocenters. The largest absolute Gasteiger partial charge is 0.477 e. The molecular formula is C18H24N4O3. The van der Waals surface area contributed by atoms with Crippen molar-refractivity contribution in [1.82, 2.24) is 20.5 Å². The first kappa shape index (κ1) is 17.4. The van der Waals surface area contributed by atoms with Crippen molar-refractivity contribution >= 4 is 5.91 Å². The van der Waals surface area contributed by atoms with Gasteiger partial charge in [-0.25, -0.2) is 4.98 Å². The van der Waals surface area contributed by atoms with Crippen LogP contribution in [0.1, 0.15) is 62.3 Å². The highest BCUT2D eigenvalue weighted by Gasteiger charge is 2.29. The molecule has 0 radical (unpaired) electrons. The molecule has 0 unspecified atom stereocenters. The molecule has 2 aromatic rings. The van der Waals surface area contributed by atoms with Crippen molar-refractivity contribution in [3.05, 3.63) is 35.7 Å².